The Balaban J connectivity index is 1.44. The van der Waals surface area contributed by atoms with E-state index in [1.54, 1.807) is 6.33 Å². The highest BCUT2D eigenvalue weighted by Gasteiger charge is 2.24. The Morgan fingerprint density at radius 2 is 1.82 bits per heavy atom. The zero-order valence-corrected chi connectivity index (χ0v) is 19.8. The second-order valence-corrected chi connectivity index (χ2v) is 9.53. The third-order valence-corrected chi connectivity index (χ3v) is 6.85. The summed E-state index contributed by atoms with van der Waals surface area (Å²) in [4.78, 5) is 21.4. The molecule has 2 unspecified atom stereocenters. The van der Waals surface area contributed by atoms with Crippen LogP contribution in [-0.4, -0.2) is 82.4 Å². The number of nitrogens with zero attached hydrogens (tertiary/aromatic N) is 7. The number of imidazole rings is 1. The van der Waals surface area contributed by atoms with Gasteiger partial charge in [0.2, 0.25) is 5.95 Å². The molecule has 0 aliphatic carbocycles. The number of benzene rings is 1. The summed E-state index contributed by atoms with van der Waals surface area (Å²) in [5, 5.41) is 13.2. The van der Waals surface area contributed by atoms with Crippen molar-refractivity contribution in [2.75, 3.05) is 68.0 Å². The van der Waals surface area contributed by atoms with Crippen LogP contribution in [0.15, 0.2) is 30.6 Å². The van der Waals surface area contributed by atoms with Crippen molar-refractivity contribution in [3.8, 4) is 0 Å². The van der Waals surface area contributed by atoms with Gasteiger partial charge in [-0.15, -0.1) is 0 Å². The molecule has 9 heteroatoms. The lowest BCUT2D eigenvalue weighted by atomic mass is 10.2. The summed E-state index contributed by atoms with van der Waals surface area (Å²) in [7, 11) is 2.17. The summed E-state index contributed by atoms with van der Waals surface area (Å²) in [6, 6.07) is 8.44. The van der Waals surface area contributed by atoms with E-state index < -0.39 is 0 Å². The molecular formula is C24H34N8O. The van der Waals surface area contributed by atoms with Crippen LogP contribution in [0.2, 0.25) is 0 Å². The highest BCUT2D eigenvalue weighted by atomic mass is 16.3. The van der Waals surface area contributed by atoms with Crippen LogP contribution in [0.25, 0.3) is 11.2 Å². The van der Waals surface area contributed by atoms with Crippen molar-refractivity contribution >= 4 is 34.3 Å². The summed E-state index contributed by atoms with van der Waals surface area (Å²) < 4.78 is 1.93. The average molecular weight is 451 g/mol. The molecule has 2 aromatic heterocycles. The normalized spacial score (nSPS) is 20.5. The van der Waals surface area contributed by atoms with Crippen LogP contribution in [0, 0.1) is 5.92 Å². The van der Waals surface area contributed by atoms with Gasteiger partial charge in [-0.05, 0) is 50.6 Å². The largest absolute Gasteiger partial charge is 0.394 e. The summed E-state index contributed by atoms with van der Waals surface area (Å²) in [5.74, 6) is 2.05. The van der Waals surface area contributed by atoms with Gasteiger partial charge in [-0.2, -0.15) is 9.97 Å². The number of piperazine rings is 1. The van der Waals surface area contributed by atoms with Gasteiger partial charge in [-0.3, -0.25) is 0 Å². The monoisotopic (exact) mass is 450 g/mol. The molecule has 2 atom stereocenters. The summed E-state index contributed by atoms with van der Waals surface area (Å²) in [6.07, 6.45) is 2.89. The van der Waals surface area contributed by atoms with E-state index in [0.717, 1.165) is 68.5 Å². The number of likely N-dealkylation sites (N-methyl/N-ethyl adjacent to an activating group) is 1. The first-order valence-corrected chi connectivity index (χ1v) is 11.9. The molecule has 2 N–H and O–H groups in total. The van der Waals surface area contributed by atoms with Gasteiger partial charge in [-0.1, -0.05) is 6.92 Å². The molecule has 176 valence electrons. The van der Waals surface area contributed by atoms with Gasteiger partial charge in [-0.25, -0.2) is 4.98 Å². The number of fused-ring (bicyclic) bond motifs is 1. The highest BCUT2D eigenvalue weighted by molar-refractivity contribution is 5.87. The molecule has 0 bridgehead atoms. The maximum atomic E-state index is 9.71. The molecule has 0 radical (unpaired) electrons. The lowest BCUT2D eigenvalue weighted by Gasteiger charge is -2.34. The smallest absolute Gasteiger partial charge is 0.229 e. The summed E-state index contributed by atoms with van der Waals surface area (Å²) in [6.45, 7) is 10.4. The van der Waals surface area contributed by atoms with Crippen molar-refractivity contribution in [1.82, 2.24) is 24.4 Å². The Bertz CT molecular complexity index is 1090. The van der Waals surface area contributed by atoms with E-state index in [1.807, 2.05) is 11.5 Å². The Morgan fingerprint density at radius 1 is 1.06 bits per heavy atom. The molecule has 5 rings (SSSR count). The number of rotatable bonds is 6. The fourth-order valence-corrected chi connectivity index (χ4v) is 4.62. The maximum absolute atomic E-state index is 9.71. The second-order valence-electron chi connectivity index (χ2n) is 9.53. The lowest BCUT2D eigenvalue weighted by molar-refractivity contribution is 0.241. The molecule has 2 fully saturated rings. The van der Waals surface area contributed by atoms with Gasteiger partial charge in [0.05, 0.1) is 19.0 Å². The third kappa shape index (κ3) is 4.47. The Labute approximate surface area is 195 Å². The highest BCUT2D eigenvalue weighted by Crippen LogP contribution is 2.30. The first-order valence-electron chi connectivity index (χ1n) is 11.9. The molecule has 33 heavy (non-hydrogen) atoms. The first kappa shape index (κ1) is 21.9. The fraction of sp³-hybridized carbons (Fsp3) is 0.542. The molecule has 2 saturated heterocycles. The van der Waals surface area contributed by atoms with Crippen LogP contribution < -0.4 is 15.1 Å². The minimum absolute atomic E-state index is 0.0298. The van der Waals surface area contributed by atoms with Crippen molar-refractivity contribution in [3.05, 3.63) is 30.6 Å². The van der Waals surface area contributed by atoms with Crippen molar-refractivity contribution in [1.29, 1.82) is 0 Å². The second kappa shape index (κ2) is 9.15. The molecule has 0 amide bonds. The topological polar surface area (TPSA) is 85.6 Å². The quantitative estimate of drug-likeness (QED) is 0.593. The van der Waals surface area contributed by atoms with E-state index in [0.29, 0.717) is 11.7 Å². The molecule has 4 heterocycles. The molecule has 1 aromatic carbocycles. The fourth-order valence-electron chi connectivity index (χ4n) is 4.62. The van der Waals surface area contributed by atoms with Crippen LogP contribution in [0.4, 0.5) is 23.1 Å². The molecule has 9 nitrogen and oxygen atoms in total. The number of anilines is 4. The Hall–Kier alpha value is -2.91. The number of hydrogen-bond donors (Lipinski definition) is 2. The van der Waals surface area contributed by atoms with Gasteiger partial charge in [0.25, 0.3) is 0 Å². The van der Waals surface area contributed by atoms with Crippen molar-refractivity contribution < 1.29 is 5.11 Å². The third-order valence-electron chi connectivity index (χ3n) is 6.85. The molecule has 3 aromatic rings. The van der Waals surface area contributed by atoms with Gasteiger partial charge < -0.3 is 29.7 Å². The number of nitrogens with one attached hydrogen (secondary N) is 1. The van der Waals surface area contributed by atoms with Crippen molar-refractivity contribution in [2.45, 2.75) is 26.3 Å². The average Bonchev–Trinajstić information content (AvgIpc) is 3.46. The SMILES string of the molecule is CC1CCN(c2nc(Nc3ccc(N4CCN(C)CC4)cc3)c3ncn(C(C)CO)c3n2)C1. The lowest BCUT2D eigenvalue weighted by Crippen LogP contribution is -2.44. The first-order chi connectivity index (χ1) is 16.0. The van der Waals surface area contributed by atoms with E-state index in [9.17, 15) is 5.11 Å². The van der Waals surface area contributed by atoms with Crippen LogP contribution in [0.5, 0.6) is 0 Å². The number of aliphatic hydroxyl groups is 1. The minimum atomic E-state index is -0.106. The maximum Gasteiger partial charge on any atom is 0.229 e. The van der Waals surface area contributed by atoms with Gasteiger partial charge in [0, 0.05) is 50.6 Å². The van der Waals surface area contributed by atoms with Crippen LogP contribution in [0.1, 0.15) is 26.3 Å². The van der Waals surface area contributed by atoms with E-state index >= 15 is 0 Å². The zero-order chi connectivity index (χ0) is 22.9. The van der Waals surface area contributed by atoms with E-state index in [2.05, 4.69) is 63.2 Å². The minimum Gasteiger partial charge on any atom is -0.394 e. The molecular weight excluding hydrogens is 416 g/mol. The van der Waals surface area contributed by atoms with Crippen LogP contribution in [-0.2, 0) is 0 Å². The summed E-state index contributed by atoms with van der Waals surface area (Å²) >= 11 is 0. The van der Waals surface area contributed by atoms with Gasteiger partial charge in [0.1, 0.15) is 0 Å². The van der Waals surface area contributed by atoms with Crippen LogP contribution >= 0.6 is 0 Å². The molecule has 2 aliphatic heterocycles. The van der Waals surface area contributed by atoms with E-state index in [1.165, 1.54) is 5.69 Å². The Kier molecular flexibility index (Phi) is 6.07. The van der Waals surface area contributed by atoms with Crippen molar-refractivity contribution in [3.63, 3.8) is 0 Å². The standard InChI is InChI=1S/C24H34N8O/c1-17-8-9-31(14-17)24-27-22(21-23(28-24)32(16-25-21)18(2)15-33)26-19-4-6-20(7-5-19)30-12-10-29(3)11-13-30/h4-7,16-18,33H,8-15H2,1-3H3,(H,26,27,28). The van der Waals surface area contributed by atoms with Crippen molar-refractivity contribution in [2.24, 2.45) is 5.92 Å². The van der Waals surface area contributed by atoms with Gasteiger partial charge in [0.15, 0.2) is 17.0 Å². The Morgan fingerprint density at radius 3 is 2.48 bits per heavy atom. The van der Waals surface area contributed by atoms with E-state index in [-0.39, 0.29) is 12.6 Å². The zero-order valence-electron chi connectivity index (χ0n) is 19.8. The van der Waals surface area contributed by atoms with Gasteiger partial charge >= 0.3 is 0 Å². The molecule has 0 saturated carbocycles. The molecule has 2 aliphatic rings. The summed E-state index contributed by atoms with van der Waals surface area (Å²) in [5.41, 5.74) is 3.68. The predicted octanol–water partition coefficient (Wildman–Crippen LogP) is 2.72. The number of aromatic nitrogens is 4. The van der Waals surface area contributed by atoms with E-state index in [4.69, 9.17) is 9.97 Å². The molecule has 0 spiro atoms. The van der Waals surface area contributed by atoms with Crippen LogP contribution in [0.3, 0.4) is 0 Å². The number of aliphatic hydroxyl groups excluding tert-OH is 1. The number of hydrogen-bond acceptors (Lipinski definition) is 8. The predicted molar refractivity (Wildman–Crippen MR) is 133 cm³/mol.